The Morgan fingerprint density at radius 1 is 0.864 bits per heavy atom. The topological polar surface area (TPSA) is 93.1 Å². The molecule has 0 aliphatic carbocycles. The van der Waals surface area contributed by atoms with Gasteiger partial charge in [0.15, 0.2) is 0 Å². The maximum atomic E-state index is 11.4. The van der Waals surface area contributed by atoms with Crippen molar-refractivity contribution in [2.45, 2.75) is 50.7 Å². The molecular formula is C16H26O6. The maximum absolute atomic E-state index is 11.4. The molecule has 2 atom stereocenters. The number of aliphatic hydroxyl groups is 2. The van der Waals surface area contributed by atoms with Crippen molar-refractivity contribution in [1.29, 1.82) is 0 Å². The number of carbonyl (C=O) groups is 2. The van der Waals surface area contributed by atoms with Crippen LogP contribution in [0.2, 0.25) is 0 Å². The van der Waals surface area contributed by atoms with Crippen LogP contribution in [0.3, 0.4) is 0 Å². The molecule has 0 rings (SSSR count). The van der Waals surface area contributed by atoms with Crippen LogP contribution in [0.4, 0.5) is 0 Å². The third kappa shape index (κ3) is 12.1. The second-order valence-corrected chi connectivity index (χ2v) is 4.83. The van der Waals surface area contributed by atoms with Crippen molar-refractivity contribution >= 4 is 11.9 Å². The van der Waals surface area contributed by atoms with Crippen LogP contribution in [-0.4, -0.2) is 47.6 Å². The lowest BCUT2D eigenvalue weighted by Gasteiger charge is -2.08. The van der Waals surface area contributed by atoms with Gasteiger partial charge in [0.25, 0.3) is 0 Å². The number of carbonyl (C=O) groups excluding carboxylic acids is 2. The number of ether oxygens (including phenoxy) is 2. The van der Waals surface area contributed by atoms with Gasteiger partial charge in [-0.05, 0) is 25.7 Å². The van der Waals surface area contributed by atoms with Crippen molar-refractivity contribution in [3.63, 3.8) is 0 Å². The third-order valence-electron chi connectivity index (χ3n) is 2.89. The lowest BCUT2D eigenvalue weighted by Crippen LogP contribution is -2.13. The van der Waals surface area contributed by atoms with E-state index >= 15 is 0 Å². The smallest absolute Gasteiger partial charge is 0.306 e. The standard InChI is InChI=1S/C16H26O6/c1-3-13(17)7-5-11-21-15(19)9-10-16(20)22-12-6-8-14(18)4-2/h3-4,13-14,17-18H,1-2,5-12H2. The van der Waals surface area contributed by atoms with Gasteiger partial charge in [0.1, 0.15) is 0 Å². The number of hydrogen-bond donors (Lipinski definition) is 2. The molecule has 0 aromatic rings. The van der Waals surface area contributed by atoms with Crippen molar-refractivity contribution in [1.82, 2.24) is 0 Å². The number of esters is 2. The first kappa shape index (κ1) is 20.3. The van der Waals surface area contributed by atoms with E-state index in [0.29, 0.717) is 25.7 Å². The van der Waals surface area contributed by atoms with Crippen LogP contribution in [0.15, 0.2) is 25.3 Å². The van der Waals surface area contributed by atoms with E-state index in [1.807, 2.05) is 0 Å². The van der Waals surface area contributed by atoms with E-state index in [2.05, 4.69) is 13.2 Å². The molecule has 2 unspecified atom stereocenters. The van der Waals surface area contributed by atoms with Crippen LogP contribution in [0.5, 0.6) is 0 Å². The molecule has 0 aliphatic rings. The van der Waals surface area contributed by atoms with Crippen LogP contribution in [0.25, 0.3) is 0 Å². The molecule has 126 valence electrons. The maximum Gasteiger partial charge on any atom is 0.306 e. The summed E-state index contributed by atoms with van der Waals surface area (Å²) in [7, 11) is 0. The molecule has 0 aliphatic heterocycles. The fourth-order valence-corrected chi connectivity index (χ4v) is 1.54. The van der Waals surface area contributed by atoms with Gasteiger partial charge in [-0.15, -0.1) is 13.2 Å². The van der Waals surface area contributed by atoms with Crippen LogP contribution in [0.1, 0.15) is 38.5 Å². The van der Waals surface area contributed by atoms with E-state index in [0.717, 1.165) is 0 Å². The molecule has 6 nitrogen and oxygen atoms in total. The quantitative estimate of drug-likeness (QED) is 0.304. The minimum Gasteiger partial charge on any atom is -0.466 e. The van der Waals surface area contributed by atoms with E-state index in [1.165, 1.54) is 12.2 Å². The molecular weight excluding hydrogens is 288 g/mol. The highest BCUT2D eigenvalue weighted by Gasteiger charge is 2.09. The Bertz CT molecular complexity index is 319. The molecule has 0 amide bonds. The number of rotatable bonds is 13. The Morgan fingerprint density at radius 2 is 1.23 bits per heavy atom. The first-order valence-electron chi connectivity index (χ1n) is 7.42. The van der Waals surface area contributed by atoms with Gasteiger partial charge in [-0.25, -0.2) is 0 Å². The van der Waals surface area contributed by atoms with Gasteiger partial charge >= 0.3 is 11.9 Å². The summed E-state index contributed by atoms with van der Waals surface area (Å²) in [5.41, 5.74) is 0. The average molecular weight is 314 g/mol. The zero-order valence-electron chi connectivity index (χ0n) is 12.9. The number of aliphatic hydroxyl groups excluding tert-OH is 2. The van der Waals surface area contributed by atoms with Crippen molar-refractivity contribution in [3.05, 3.63) is 25.3 Å². The molecule has 0 heterocycles. The summed E-state index contributed by atoms with van der Waals surface area (Å²) in [6.07, 6.45) is 3.64. The molecule has 0 spiro atoms. The van der Waals surface area contributed by atoms with Crippen molar-refractivity contribution < 1.29 is 29.3 Å². The summed E-state index contributed by atoms with van der Waals surface area (Å²) < 4.78 is 9.85. The van der Waals surface area contributed by atoms with E-state index in [-0.39, 0.29) is 26.1 Å². The zero-order chi connectivity index (χ0) is 16.8. The van der Waals surface area contributed by atoms with Crippen LogP contribution in [-0.2, 0) is 19.1 Å². The molecule has 0 aromatic carbocycles. The molecule has 6 heteroatoms. The fourth-order valence-electron chi connectivity index (χ4n) is 1.54. The Labute approximate surface area is 131 Å². The van der Waals surface area contributed by atoms with E-state index in [1.54, 1.807) is 0 Å². The van der Waals surface area contributed by atoms with Gasteiger partial charge in [0.2, 0.25) is 0 Å². The molecule has 0 fully saturated rings. The highest BCUT2D eigenvalue weighted by atomic mass is 16.5. The average Bonchev–Trinajstić information content (AvgIpc) is 2.52. The molecule has 0 bridgehead atoms. The second-order valence-electron chi connectivity index (χ2n) is 4.83. The van der Waals surface area contributed by atoms with E-state index in [9.17, 15) is 19.8 Å². The first-order valence-corrected chi connectivity index (χ1v) is 7.42. The van der Waals surface area contributed by atoms with Gasteiger partial charge in [-0.3, -0.25) is 9.59 Å². The van der Waals surface area contributed by atoms with E-state index in [4.69, 9.17) is 9.47 Å². The van der Waals surface area contributed by atoms with Gasteiger partial charge in [0.05, 0.1) is 38.3 Å². The van der Waals surface area contributed by atoms with Crippen LogP contribution >= 0.6 is 0 Å². The lowest BCUT2D eigenvalue weighted by atomic mass is 10.2. The third-order valence-corrected chi connectivity index (χ3v) is 2.89. The summed E-state index contributed by atoms with van der Waals surface area (Å²) in [5, 5.41) is 18.4. The Hall–Kier alpha value is -1.66. The summed E-state index contributed by atoms with van der Waals surface area (Å²) in [6.45, 7) is 7.29. The van der Waals surface area contributed by atoms with Gasteiger partial charge in [0, 0.05) is 0 Å². The molecule has 0 aromatic heterocycles. The minimum atomic E-state index is -0.590. The van der Waals surface area contributed by atoms with Crippen LogP contribution < -0.4 is 0 Å². The predicted molar refractivity (Wildman–Crippen MR) is 82.0 cm³/mol. The van der Waals surface area contributed by atoms with Crippen molar-refractivity contribution in [2.24, 2.45) is 0 Å². The second kappa shape index (κ2) is 13.0. The predicted octanol–water partition coefficient (Wildman–Crippen LogP) is 1.51. The van der Waals surface area contributed by atoms with Gasteiger partial charge in [-0.1, -0.05) is 12.2 Å². The van der Waals surface area contributed by atoms with Crippen molar-refractivity contribution in [2.75, 3.05) is 13.2 Å². The molecule has 0 radical (unpaired) electrons. The Morgan fingerprint density at radius 3 is 1.55 bits per heavy atom. The highest BCUT2D eigenvalue weighted by molar-refractivity contribution is 5.77. The summed E-state index contributed by atoms with van der Waals surface area (Å²) in [4.78, 5) is 22.7. The lowest BCUT2D eigenvalue weighted by molar-refractivity contribution is -0.150. The normalized spacial score (nSPS) is 13.0. The van der Waals surface area contributed by atoms with Gasteiger partial charge in [-0.2, -0.15) is 0 Å². The molecule has 22 heavy (non-hydrogen) atoms. The van der Waals surface area contributed by atoms with E-state index < -0.39 is 24.1 Å². The monoisotopic (exact) mass is 314 g/mol. The Kier molecular flexibility index (Phi) is 12.1. The largest absolute Gasteiger partial charge is 0.466 e. The molecule has 0 saturated carbocycles. The van der Waals surface area contributed by atoms with Crippen LogP contribution in [0, 0.1) is 0 Å². The number of hydrogen-bond acceptors (Lipinski definition) is 6. The molecule has 0 saturated heterocycles. The fraction of sp³-hybridized carbons (Fsp3) is 0.625. The summed E-state index contributed by atoms with van der Waals surface area (Å²) >= 11 is 0. The van der Waals surface area contributed by atoms with Crippen molar-refractivity contribution in [3.8, 4) is 0 Å². The highest BCUT2D eigenvalue weighted by Crippen LogP contribution is 2.02. The molecule has 2 N–H and O–H groups in total. The Balaban J connectivity index is 3.54. The summed E-state index contributed by atoms with van der Waals surface area (Å²) in [5.74, 6) is -0.931. The van der Waals surface area contributed by atoms with Gasteiger partial charge < -0.3 is 19.7 Å². The minimum absolute atomic E-state index is 0.0296. The summed E-state index contributed by atoms with van der Waals surface area (Å²) in [6, 6.07) is 0. The zero-order valence-corrected chi connectivity index (χ0v) is 12.9. The first-order chi connectivity index (χ1) is 10.5. The SMILES string of the molecule is C=CC(O)CCCOC(=O)CCC(=O)OCCCC(O)C=C.